The van der Waals surface area contributed by atoms with Crippen LogP contribution in [0.5, 0.6) is 0 Å². The van der Waals surface area contributed by atoms with E-state index in [1.54, 1.807) is 39.0 Å². The molecule has 0 radical (unpaired) electrons. The van der Waals surface area contributed by atoms with E-state index in [9.17, 15) is 24.7 Å². The van der Waals surface area contributed by atoms with Crippen LogP contribution in [0.2, 0.25) is 0 Å². The minimum Gasteiger partial charge on any atom is -0.435 e. The van der Waals surface area contributed by atoms with Gasteiger partial charge in [-0.25, -0.2) is 0 Å². The Labute approximate surface area is 122 Å². The number of carbonyl (C=O) groups is 2. The maximum absolute atomic E-state index is 12.1. The molecule has 1 amide bonds. The summed E-state index contributed by atoms with van der Waals surface area (Å²) in [6, 6.07) is 4.74. The lowest BCUT2D eigenvalue weighted by Crippen LogP contribution is -2.65. The topological polar surface area (TPSA) is 94.8 Å². The quantitative estimate of drug-likeness (QED) is 0.437. The lowest BCUT2D eigenvalue weighted by Gasteiger charge is -2.41. The van der Waals surface area contributed by atoms with Gasteiger partial charge in [0.15, 0.2) is 17.6 Å². The first kappa shape index (κ1) is 15.4. The molecule has 6 nitrogen and oxygen atoms in total. The van der Waals surface area contributed by atoms with Gasteiger partial charge in [-0.2, -0.15) is 9.28 Å². The number of amides is 1. The molecule has 3 N–H and O–H groups in total. The van der Waals surface area contributed by atoms with E-state index in [0.29, 0.717) is 23.1 Å². The molecule has 0 spiro atoms. The molecule has 0 saturated heterocycles. The Kier molecular flexibility index (Phi) is 3.53. The molecule has 0 aliphatic carbocycles. The van der Waals surface area contributed by atoms with E-state index >= 15 is 0 Å². The first-order valence-corrected chi connectivity index (χ1v) is 6.47. The summed E-state index contributed by atoms with van der Waals surface area (Å²) in [7, 11) is -1.94. The number of carboxylic acid groups (broad SMARTS) is 1. The highest BCUT2D eigenvalue weighted by atomic mass is 16.4. The molecule has 1 aliphatic rings. The van der Waals surface area contributed by atoms with Crippen molar-refractivity contribution in [2.75, 3.05) is 0 Å². The second-order valence-electron chi connectivity index (χ2n) is 5.96. The summed E-state index contributed by atoms with van der Waals surface area (Å²) < 4.78 is -0.748. The van der Waals surface area contributed by atoms with Crippen molar-refractivity contribution in [1.82, 2.24) is 4.48 Å². The number of hydrogen-bond donors (Lipinski definition) is 3. The molecule has 0 bridgehead atoms. The first-order chi connectivity index (χ1) is 9.67. The van der Waals surface area contributed by atoms with Crippen molar-refractivity contribution >= 4 is 31.3 Å². The molecule has 21 heavy (non-hydrogen) atoms. The molecule has 1 unspecified atom stereocenters. The molecule has 7 heteroatoms. The van der Waals surface area contributed by atoms with Crippen molar-refractivity contribution in [1.29, 1.82) is 0 Å². The highest BCUT2D eigenvalue weighted by molar-refractivity contribution is 6.54. The molecular weight excluding hydrogens is 273 g/mol. The number of rotatable bonds is 2. The van der Waals surface area contributed by atoms with Gasteiger partial charge in [-0.1, -0.05) is 12.1 Å². The molecule has 0 fully saturated rings. The highest BCUT2D eigenvalue weighted by Crippen LogP contribution is 2.47. The molecule has 1 atom stereocenters. The van der Waals surface area contributed by atoms with Gasteiger partial charge >= 0.3 is 13.2 Å². The van der Waals surface area contributed by atoms with Gasteiger partial charge in [0.25, 0.3) is 0 Å². The molecule has 1 aliphatic heterocycles. The Bertz CT molecular complexity index is 647. The zero-order valence-corrected chi connectivity index (χ0v) is 12.1. The zero-order valence-electron chi connectivity index (χ0n) is 12.1. The summed E-state index contributed by atoms with van der Waals surface area (Å²) in [6.45, 7) is 5.08. The van der Waals surface area contributed by atoms with E-state index in [0.717, 1.165) is 0 Å². The van der Waals surface area contributed by atoms with Crippen molar-refractivity contribution in [3.63, 3.8) is 0 Å². The lowest BCUT2D eigenvalue weighted by molar-refractivity contribution is 0.112. The number of aldehydes is 1. The van der Waals surface area contributed by atoms with Crippen molar-refractivity contribution in [2.24, 2.45) is 0 Å². The second kappa shape index (κ2) is 4.80. The van der Waals surface area contributed by atoms with Crippen LogP contribution in [0.4, 0.5) is 10.5 Å². The SMILES string of the molecule is CC(C)(C)[N+]1(C(=O)O)C(B(O)O)=Cc2c(C=O)cccc21. The Balaban J connectivity index is 2.92. The van der Waals surface area contributed by atoms with Crippen LogP contribution in [0.15, 0.2) is 23.8 Å². The number of hydrogen-bond acceptors (Lipinski definition) is 4. The summed E-state index contributed by atoms with van der Waals surface area (Å²) in [5, 5.41) is 29.2. The number of nitrogens with zero attached hydrogens (tertiary/aromatic N) is 1. The standard InChI is InChI=1S/C14H16BNO5/c1-14(2,3)16(13(18)19)11-6-4-5-9(8-17)10(11)7-12(16)15(20)21/h4-8,20-21H,1-3H3/p+1. The van der Waals surface area contributed by atoms with Crippen LogP contribution in [0.3, 0.4) is 0 Å². The highest BCUT2D eigenvalue weighted by Gasteiger charge is 2.60. The smallest absolute Gasteiger partial charge is 0.435 e. The number of quaternary nitrogens is 1. The summed E-state index contributed by atoms with van der Waals surface area (Å²) in [5.41, 5.74) is 0.111. The van der Waals surface area contributed by atoms with Gasteiger partial charge < -0.3 is 15.2 Å². The van der Waals surface area contributed by atoms with E-state index in [2.05, 4.69) is 0 Å². The first-order valence-electron chi connectivity index (χ1n) is 6.47. The fourth-order valence-electron chi connectivity index (χ4n) is 3.00. The predicted octanol–water partition coefficient (Wildman–Crippen LogP) is 1.65. The van der Waals surface area contributed by atoms with Crippen LogP contribution in [0.25, 0.3) is 6.08 Å². The van der Waals surface area contributed by atoms with Gasteiger partial charge in [-0.15, -0.1) is 0 Å². The van der Waals surface area contributed by atoms with E-state index in [4.69, 9.17) is 0 Å². The van der Waals surface area contributed by atoms with Crippen LogP contribution >= 0.6 is 0 Å². The van der Waals surface area contributed by atoms with Gasteiger partial charge in [0.2, 0.25) is 0 Å². The van der Waals surface area contributed by atoms with Crippen molar-refractivity contribution in [3.8, 4) is 0 Å². The zero-order chi connectivity index (χ0) is 16.0. The van der Waals surface area contributed by atoms with E-state index in [1.807, 2.05) is 0 Å². The average molecular weight is 290 g/mol. The number of benzene rings is 1. The van der Waals surface area contributed by atoms with Crippen LogP contribution in [-0.2, 0) is 0 Å². The third kappa shape index (κ3) is 1.93. The Morgan fingerprint density at radius 3 is 2.33 bits per heavy atom. The molecule has 2 rings (SSSR count). The second-order valence-corrected chi connectivity index (χ2v) is 5.96. The summed E-state index contributed by atoms with van der Waals surface area (Å²) in [6.07, 6.45) is 0.772. The summed E-state index contributed by atoms with van der Waals surface area (Å²) in [5.74, 6) is 0. The Hall–Kier alpha value is -1.96. The normalized spacial score (nSPS) is 20.7. The van der Waals surface area contributed by atoms with Crippen molar-refractivity contribution < 1.29 is 24.7 Å². The minimum absolute atomic E-state index is 0.0840. The average Bonchev–Trinajstić information content (AvgIpc) is 2.73. The van der Waals surface area contributed by atoms with Crippen molar-refractivity contribution in [2.45, 2.75) is 26.3 Å². The fourth-order valence-corrected chi connectivity index (χ4v) is 3.00. The van der Waals surface area contributed by atoms with Crippen molar-refractivity contribution in [3.05, 3.63) is 34.9 Å². The third-order valence-electron chi connectivity index (χ3n) is 3.84. The van der Waals surface area contributed by atoms with Gasteiger partial charge in [0.05, 0.1) is 5.56 Å². The maximum Gasteiger partial charge on any atom is 0.549 e. The van der Waals surface area contributed by atoms with E-state index in [1.165, 1.54) is 6.08 Å². The number of fused-ring (bicyclic) bond motifs is 1. The molecule has 1 aromatic carbocycles. The Morgan fingerprint density at radius 2 is 1.90 bits per heavy atom. The van der Waals surface area contributed by atoms with Crippen LogP contribution < -0.4 is 4.48 Å². The molecule has 0 aromatic heterocycles. The van der Waals surface area contributed by atoms with Crippen LogP contribution in [0, 0.1) is 0 Å². The monoisotopic (exact) mass is 290 g/mol. The minimum atomic E-state index is -1.94. The van der Waals surface area contributed by atoms with Gasteiger partial charge in [-0.3, -0.25) is 4.79 Å². The molecule has 1 aromatic rings. The van der Waals surface area contributed by atoms with E-state index in [-0.39, 0.29) is 5.60 Å². The molecule has 1 heterocycles. The van der Waals surface area contributed by atoms with E-state index < -0.39 is 23.2 Å². The summed E-state index contributed by atoms with van der Waals surface area (Å²) >= 11 is 0. The summed E-state index contributed by atoms with van der Waals surface area (Å²) in [4.78, 5) is 23.2. The fraction of sp³-hybridized carbons (Fsp3) is 0.286. The maximum atomic E-state index is 12.1. The third-order valence-corrected chi connectivity index (χ3v) is 3.84. The largest absolute Gasteiger partial charge is 0.549 e. The predicted molar refractivity (Wildman–Crippen MR) is 79.6 cm³/mol. The molecule has 0 saturated carbocycles. The van der Waals surface area contributed by atoms with Crippen LogP contribution in [-0.4, -0.2) is 40.2 Å². The molecule has 110 valence electrons. The Morgan fingerprint density at radius 1 is 1.29 bits per heavy atom. The van der Waals surface area contributed by atoms with Crippen LogP contribution in [0.1, 0.15) is 36.7 Å². The van der Waals surface area contributed by atoms with Gasteiger partial charge in [-0.05, 0) is 20.8 Å². The van der Waals surface area contributed by atoms with Gasteiger partial charge in [0, 0.05) is 17.7 Å². The number of carbonyl (C=O) groups excluding carboxylic acids is 1. The lowest BCUT2D eigenvalue weighted by atomic mass is 9.81. The molecular formula is C14H17BNO5+. The van der Waals surface area contributed by atoms with Gasteiger partial charge in [0.1, 0.15) is 5.54 Å².